The highest BCUT2D eigenvalue weighted by molar-refractivity contribution is 5.59. The van der Waals surface area contributed by atoms with E-state index in [1.54, 1.807) is 12.4 Å². The molecular weight excluding hydrogens is 302 g/mol. The minimum Gasteiger partial charge on any atom is -0.369 e. The molecule has 0 saturated carbocycles. The third-order valence-corrected chi connectivity index (χ3v) is 4.14. The summed E-state index contributed by atoms with van der Waals surface area (Å²) in [5.41, 5.74) is 3.34. The number of pyridine rings is 1. The van der Waals surface area contributed by atoms with Crippen LogP contribution in [-0.2, 0) is 19.3 Å². The van der Waals surface area contributed by atoms with Crippen LogP contribution >= 0.6 is 0 Å². The standard InChI is InChI=1S/C17H19N7/c1-11-20-15(24-23-11)7-9-19-17-13-5-2-6-14(13)21-16(22-17)12-4-3-8-18-10-12/h3-4,8,10H,2,5-7,9H2,1H3,(H,19,21,22)(H,20,23,24). The summed E-state index contributed by atoms with van der Waals surface area (Å²) in [6.07, 6.45) is 7.50. The van der Waals surface area contributed by atoms with Crippen molar-refractivity contribution in [1.29, 1.82) is 0 Å². The molecule has 7 nitrogen and oxygen atoms in total. The van der Waals surface area contributed by atoms with Gasteiger partial charge < -0.3 is 5.32 Å². The number of aromatic nitrogens is 6. The molecule has 3 heterocycles. The van der Waals surface area contributed by atoms with E-state index in [9.17, 15) is 0 Å². The summed E-state index contributed by atoms with van der Waals surface area (Å²) in [5, 5.41) is 10.5. The predicted octanol–water partition coefficient (Wildman–Crippen LogP) is 2.11. The Morgan fingerprint density at radius 1 is 1.21 bits per heavy atom. The van der Waals surface area contributed by atoms with Gasteiger partial charge in [-0.05, 0) is 38.3 Å². The lowest BCUT2D eigenvalue weighted by molar-refractivity contribution is 0.889. The number of rotatable bonds is 5. The molecule has 0 aliphatic heterocycles. The van der Waals surface area contributed by atoms with Gasteiger partial charge in [-0.1, -0.05) is 0 Å². The molecule has 0 unspecified atom stereocenters. The van der Waals surface area contributed by atoms with Crippen LogP contribution in [-0.4, -0.2) is 36.7 Å². The van der Waals surface area contributed by atoms with Crippen LogP contribution in [0.5, 0.6) is 0 Å². The van der Waals surface area contributed by atoms with Gasteiger partial charge in [-0.15, -0.1) is 0 Å². The fourth-order valence-electron chi connectivity index (χ4n) is 3.00. The maximum Gasteiger partial charge on any atom is 0.163 e. The quantitative estimate of drug-likeness (QED) is 0.748. The first-order valence-electron chi connectivity index (χ1n) is 8.21. The zero-order chi connectivity index (χ0) is 16.4. The largest absolute Gasteiger partial charge is 0.369 e. The Labute approximate surface area is 140 Å². The average Bonchev–Trinajstić information content (AvgIpc) is 3.24. The average molecular weight is 321 g/mol. The van der Waals surface area contributed by atoms with Crippen LogP contribution in [0.3, 0.4) is 0 Å². The van der Waals surface area contributed by atoms with Crippen LogP contribution in [0.2, 0.25) is 0 Å². The zero-order valence-corrected chi connectivity index (χ0v) is 13.6. The SMILES string of the molecule is Cc1nc(CCNc2nc(-c3cccnc3)nc3c2CCC3)n[nH]1. The number of fused-ring (bicyclic) bond motifs is 1. The van der Waals surface area contributed by atoms with Crippen LogP contribution in [0.25, 0.3) is 11.4 Å². The molecule has 0 fully saturated rings. The number of hydrogen-bond donors (Lipinski definition) is 2. The van der Waals surface area contributed by atoms with Crippen LogP contribution in [0, 0.1) is 6.92 Å². The molecular formula is C17H19N7. The van der Waals surface area contributed by atoms with Gasteiger partial charge in [-0.25, -0.2) is 15.0 Å². The zero-order valence-electron chi connectivity index (χ0n) is 13.6. The Hall–Kier alpha value is -2.83. The lowest BCUT2D eigenvalue weighted by Crippen LogP contribution is -2.11. The summed E-state index contributed by atoms with van der Waals surface area (Å²) >= 11 is 0. The highest BCUT2D eigenvalue weighted by atomic mass is 15.2. The highest BCUT2D eigenvalue weighted by Gasteiger charge is 2.19. The Balaban J connectivity index is 1.56. The van der Waals surface area contributed by atoms with Gasteiger partial charge in [0.15, 0.2) is 11.6 Å². The Morgan fingerprint density at radius 2 is 2.17 bits per heavy atom. The second kappa shape index (κ2) is 6.35. The molecule has 2 N–H and O–H groups in total. The van der Waals surface area contributed by atoms with Gasteiger partial charge >= 0.3 is 0 Å². The summed E-state index contributed by atoms with van der Waals surface area (Å²) in [4.78, 5) is 18.0. The first kappa shape index (κ1) is 14.7. The van der Waals surface area contributed by atoms with Crippen molar-refractivity contribution in [3.05, 3.63) is 47.4 Å². The number of hydrogen-bond acceptors (Lipinski definition) is 6. The van der Waals surface area contributed by atoms with E-state index in [0.29, 0.717) is 0 Å². The normalized spacial score (nSPS) is 13.0. The van der Waals surface area contributed by atoms with Gasteiger partial charge in [0.25, 0.3) is 0 Å². The van der Waals surface area contributed by atoms with Crippen LogP contribution in [0.15, 0.2) is 24.5 Å². The van der Waals surface area contributed by atoms with E-state index in [1.165, 1.54) is 5.56 Å². The molecule has 3 aromatic rings. The highest BCUT2D eigenvalue weighted by Crippen LogP contribution is 2.28. The molecule has 7 heteroatoms. The molecule has 0 amide bonds. The molecule has 122 valence electrons. The third-order valence-electron chi connectivity index (χ3n) is 4.14. The molecule has 0 saturated heterocycles. The lowest BCUT2D eigenvalue weighted by atomic mass is 10.2. The van der Waals surface area contributed by atoms with Gasteiger partial charge in [0, 0.05) is 42.2 Å². The predicted molar refractivity (Wildman–Crippen MR) is 90.6 cm³/mol. The van der Waals surface area contributed by atoms with Gasteiger partial charge in [0.2, 0.25) is 0 Å². The van der Waals surface area contributed by atoms with E-state index in [-0.39, 0.29) is 0 Å². The van der Waals surface area contributed by atoms with Crippen molar-refractivity contribution in [2.75, 3.05) is 11.9 Å². The van der Waals surface area contributed by atoms with Gasteiger partial charge in [0.05, 0.1) is 0 Å². The van der Waals surface area contributed by atoms with E-state index in [1.807, 2.05) is 19.1 Å². The summed E-state index contributed by atoms with van der Waals surface area (Å²) < 4.78 is 0. The number of anilines is 1. The molecule has 24 heavy (non-hydrogen) atoms. The van der Waals surface area contributed by atoms with Crippen molar-refractivity contribution >= 4 is 5.82 Å². The van der Waals surface area contributed by atoms with Crippen molar-refractivity contribution in [3.8, 4) is 11.4 Å². The minimum absolute atomic E-state index is 0.736. The maximum atomic E-state index is 4.74. The van der Waals surface area contributed by atoms with E-state index in [0.717, 1.165) is 66.8 Å². The van der Waals surface area contributed by atoms with E-state index in [4.69, 9.17) is 9.97 Å². The van der Waals surface area contributed by atoms with E-state index < -0.39 is 0 Å². The van der Waals surface area contributed by atoms with Crippen LogP contribution in [0.1, 0.15) is 29.3 Å². The van der Waals surface area contributed by atoms with Crippen LogP contribution < -0.4 is 5.32 Å². The van der Waals surface area contributed by atoms with Crippen LogP contribution in [0.4, 0.5) is 5.82 Å². The van der Waals surface area contributed by atoms with E-state index in [2.05, 4.69) is 25.5 Å². The molecule has 1 aliphatic carbocycles. The number of aryl methyl sites for hydroxylation is 2. The smallest absolute Gasteiger partial charge is 0.163 e. The van der Waals surface area contributed by atoms with E-state index >= 15 is 0 Å². The molecule has 0 bridgehead atoms. The fraction of sp³-hybridized carbons (Fsp3) is 0.353. The number of nitrogens with one attached hydrogen (secondary N) is 2. The topological polar surface area (TPSA) is 92.3 Å². The Morgan fingerprint density at radius 3 is 2.96 bits per heavy atom. The third kappa shape index (κ3) is 2.97. The molecule has 0 radical (unpaired) electrons. The molecule has 1 aliphatic rings. The Bertz CT molecular complexity index is 841. The first-order valence-corrected chi connectivity index (χ1v) is 8.21. The second-order valence-corrected chi connectivity index (χ2v) is 5.93. The second-order valence-electron chi connectivity index (χ2n) is 5.93. The number of nitrogens with zero attached hydrogens (tertiary/aromatic N) is 5. The summed E-state index contributed by atoms with van der Waals surface area (Å²) in [5.74, 6) is 3.33. The van der Waals surface area contributed by atoms with Crippen molar-refractivity contribution in [2.45, 2.75) is 32.6 Å². The van der Waals surface area contributed by atoms with Crippen molar-refractivity contribution < 1.29 is 0 Å². The van der Waals surface area contributed by atoms with Crippen molar-refractivity contribution in [3.63, 3.8) is 0 Å². The molecule has 0 atom stereocenters. The molecule has 3 aromatic heterocycles. The van der Waals surface area contributed by atoms with Gasteiger partial charge in [0.1, 0.15) is 11.6 Å². The van der Waals surface area contributed by atoms with Crippen molar-refractivity contribution in [2.24, 2.45) is 0 Å². The fourth-order valence-corrected chi connectivity index (χ4v) is 3.00. The lowest BCUT2D eigenvalue weighted by Gasteiger charge is -2.11. The minimum atomic E-state index is 0.736. The summed E-state index contributed by atoms with van der Waals surface area (Å²) in [7, 11) is 0. The molecule has 4 rings (SSSR count). The summed E-state index contributed by atoms with van der Waals surface area (Å²) in [6.45, 7) is 2.65. The van der Waals surface area contributed by atoms with Crippen molar-refractivity contribution in [1.82, 2.24) is 30.1 Å². The molecule has 0 aromatic carbocycles. The number of H-pyrrole nitrogens is 1. The maximum absolute atomic E-state index is 4.74. The molecule has 0 spiro atoms. The number of aromatic amines is 1. The monoisotopic (exact) mass is 321 g/mol. The van der Waals surface area contributed by atoms with Gasteiger partial charge in [-0.3, -0.25) is 10.1 Å². The Kier molecular flexibility index (Phi) is 3.90. The first-order chi connectivity index (χ1) is 11.8. The summed E-state index contributed by atoms with van der Waals surface area (Å²) in [6, 6.07) is 3.90. The van der Waals surface area contributed by atoms with Gasteiger partial charge in [-0.2, -0.15) is 5.10 Å².